The van der Waals surface area contributed by atoms with Crippen LogP contribution in [0, 0.1) is 24.7 Å². The van der Waals surface area contributed by atoms with Crippen LogP contribution in [0.25, 0.3) is 10.8 Å². The summed E-state index contributed by atoms with van der Waals surface area (Å²) in [6, 6.07) is 26.2. The Morgan fingerprint density at radius 3 is 2.38 bits per heavy atom. The number of aliphatic hydroxyl groups excluding tert-OH is 2. The molecule has 3 aromatic carbocycles. The van der Waals surface area contributed by atoms with Crippen LogP contribution in [0.2, 0.25) is 0 Å². The number of aromatic nitrogens is 1. The van der Waals surface area contributed by atoms with E-state index in [-0.39, 0.29) is 43.5 Å². The van der Waals surface area contributed by atoms with E-state index in [0.29, 0.717) is 50.3 Å². The fraction of sp³-hybridized carbons (Fsp3) is 0.534. The first-order valence-electron chi connectivity index (χ1n) is 25.8. The van der Waals surface area contributed by atoms with Gasteiger partial charge in [-0.05, 0) is 103 Å². The summed E-state index contributed by atoms with van der Waals surface area (Å²) in [5, 5.41) is 27.1. The number of hydrogen-bond donors (Lipinski definition) is 2. The van der Waals surface area contributed by atoms with Gasteiger partial charge in [-0.1, -0.05) is 137 Å². The van der Waals surface area contributed by atoms with Gasteiger partial charge >= 0.3 is 0 Å². The van der Waals surface area contributed by atoms with Gasteiger partial charge in [0.2, 0.25) is 11.7 Å². The maximum absolute atomic E-state index is 15.4. The molecule has 3 aliphatic rings. The van der Waals surface area contributed by atoms with Crippen LogP contribution < -0.4 is 9.47 Å². The molecular formula is C58H77N3O7. The molecule has 10 nitrogen and oxygen atoms in total. The van der Waals surface area contributed by atoms with Crippen molar-refractivity contribution in [2.24, 2.45) is 22.9 Å². The average Bonchev–Trinajstić information content (AvgIpc) is 3.35. The van der Waals surface area contributed by atoms with Gasteiger partial charge in [0.1, 0.15) is 31.3 Å². The SMILES string of the molecule is C=CCO[C@@]12Oc3ccc(OCc4cccc(C)n4)cc3[C@H]3[C@H](CCCCO)[C@@H](CCCCO)C=C(C(=NOC)C[C@@H]1N(Cc1cccc4ccccc14)C(=O)CCCCCCCCCCC)[C@H]32. The summed E-state index contributed by atoms with van der Waals surface area (Å²) in [6.45, 7) is 9.49. The fourth-order valence-corrected chi connectivity index (χ4v) is 11.4. The van der Waals surface area contributed by atoms with Crippen LogP contribution in [-0.2, 0) is 27.5 Å². The number of unbranched alkanes of at least 4 members (excludes halogenated alkanes) is 10. The monoisotopic (exact) mass is 928 g/mol. The zero-order chi connectivity index (χ0) is 47.7. The van der Waals surface area contributed by atoms with E-state index < -0.39 is 17.7 Å². The van der Waals surface area contributed by atoms with E-state index in [0.717, 1.165) is 89.5 Å². The van der Waals surface area contributed by atoms with Crippen molar-refractivity contribution in [2.75, 3.05) is 26.9 Å². The highest BCUT2D eigenvalue weighted by Gasteiger charge is 2.65. The van der Waals surface area contributed by atoms with Crippen molar-refractivity contribution in [1.29, 1.82) is 0 Å². The third-order valence-electron chi connectivity index (χ3n) is 14.6. The van der Waals surface area contributed by atoms with Gasteiger partial charge in [-0.3, -0.25) is 9.78 Å². The van der Waals surface area contributed by atoms with Crippen molar-refractivity contribution in [3.05, 3.63) is 126 Å². The summed E-state index contributed by atoms with van der Waals surface area (Å²) >= 11 is 0. The molecule has 2 heterocycles. The van der Waals surface area contributed by atoms with Gasteiger partial charge in [0.15, 0.2) is 0 Å². The number of carbonyl (C=O) groups is 1. The molecule has 6 atom stereocenters. The fourth-order valence-electron chi connectivity index (χ4n) is 11.4. The molecule has 1 aliphatic heterocycles. The molecule has 0 radical (unpaired) electrons. The van der Waals surface area contributed by atoms with Gasteiger partial charge in [0.05, 0.1) is 23.9 Å². The summed E-state index contributed by atoms with van der Waals surface area (Å²) in [5.74, 6) is -0.200. The number of pyridine rings is 1. The molecule has 10 heteroatoms. The lowest BCUT2D eigenvalue weighted by Gasteiger charge is -2.60. The van der Waals surface area contributed by atoms with Crippen LogP contribution in [0.4, 0.5) is 0 Å². The number of amides is 1. The first kappa shape index (κ1) is 50.8. The topological polar surface area (TPSA) is 123 Å². The minimum Gasteiger partial charge on any atom is -0.487 e. The summed E-state index contributed by atoms with van der Waals surface area (Å²) < 4.78 is 21.4. The molecule has 366 valence electrons. The second kappa shape index (κ2) is 25.5. The van der Waals surface area contributed by atoms with Crippen LogP contribution >= 0.6 is 0 Å². The Labute approximate surface area is 405 Å². The average molecular weight is 928 g/mol. The smallest absolute Gasteiger partial charge is 0.239 e. The molecule has 4 aromatic rings. The number of allylic oxidation sites excluding steroid dienone is 1. The molecule has 0 unspecified atom stereocenters. The summed E-state index contributed by atoms with van der Waals surface area (Å²) in [4.78, 5) is 27.9. The Kier molecular flexibility index (Phi) is 19.1. The van der Waals surface area contributed by atoms with E-state index in [1.165, 1.54) is 38.5 Å². The Hall–Kier alpha value is -5.03. The van der Waals surface area contributed by atoms with E-state index in [1.807, 2.05) is 37.3 Å². The van der Waals surface area contributed by atoms with Crippen molar-refractivity contribution in [1.82, 2.24) is 9.88 Å². The number of aliphatic hydroxyl groups is 2. The highest BCUT2D eigenvalue weighted by molar-refractivity contribution is 6.03. The number of rotatable bonds is 28. The van der Waals surface area contributed by atoms with E-state index >= 15 is 4.79 Å². The minimum absolute atomic E-state index is 0.0632. The Morgan fingerprint density at radius 2 is 1.63 bits per heavy atom. The largest absolute Gasteiger partial charge is 0.487 e. The van der Waals surface area contributed by atoms with Crippen LogP contribution in [0.5, 0.6) is 11.5 Å². The molecule has 1 aromatic heterocycles. The Bertz CT molecular complexity index is 2300. The van der Waals surface area contributed by atoms with Crippen LogP contribution in [-0.4, -0.2) is 70.5 Å². The van der Waals surface area contributed by atoms with E-state index in [9.17, 15) is 10.2 Å². The number of aryl methyl sites for hydroxylation is 1. The second-order valence-corrected chi connectivity index (χ2v) is 19.3. The molecule has 2 aliphatic carbocycles. The summed E-state index contributed by atoms with van der Waals surface area (Å²) in [7, 11) is 1.59. The zero-order valence-corrected chi connectivity index (χ0v) is 41.1. The molecule has 0 saturated heterocycles. The third-order valence-corrected chi connectivity index (χ3v) is 14.6. The van der Waals surface area contributed by atoms with E-state index in [1.54, 1.807) is 13.2 Å². The Morgan fingerprint density at radius 1 is 0.897 bits per heavy atom. The number of benzene rings is 3. The number of hydrogen-bond acceptors (Lipinski definition) is 9. The van der Waals surface area contributed by atoms with Crippen molar-refractivity contribution >= 4 is 22.4 Å². The molecular weight excluding hydrogens is 851 g/mol. The van der Waals surface area contributed by atoms with Crippen LogP contribution in [0.3, 0.4) is 0 Å². The minimum atomic E-state index is -1.34. The zero-order valence-electron chi connectivity index (χ0n) is 41.1. The molecule has 2 N–H and O–H groups in total. The summed E-state index contributed by atoms with van der Waals surface area (Å²) in [5.41, 5.74) is 5.66. The first-order chi connectivity index (χ1) is 33.3. The maximum atomic E-state index is 15.4. The van der Waals surface area contributed by atoms with E-state index in [4.69, 9.17) is 29.2 Å². The van der Waals surface area contributed by atoms with E-state index in [2.05, 4.69) is 73.0 Å². The maximum Gasteiger partial charge on any atom is 0.239 e. The van der Waals surface area contributed by atoms with Gasteiger partial charge < -0.3 is 34.2 Å². The van der Waals surface area contributed by atoms with Gasteiger partial charge in [0, 0.05) is 49.8 Å². The van der Waals surface area contributed by atoms with Crippen molar-refractivity contribution in [2.45, 2.75) is 154 Å². The third kappa shape index (κ3) is 12.2. The molecule has 0 spiro atoms. The molecule has 7 rings (SSSR count). The van der Waals surface area contributed by atoms with Gasteiger partial charge in [0.25, 0.3) is 0 Å². The lowest BCUT2D eigenvalue weighted by molar-refractivity contribution is -0.258. The quantitative estimate of drug-likeness (QED) is 0.0328. The molecule has 1 amide bonds. The lowest BCUT2D eigenvalue weighted by atomic mass is 9.55. The van der Waals surface area contributed by atoms with Gasteiger partial charge in [-0.2, -0.15) is 0 Å². The predicted octanol–water partition coefficient (Wildman–Crippen LogP) is 12.3. The van der Waals surface area contributed by atoms with Crippen LogP contribution in [0.15, 0.2) is 108 Å². The highest BCUT2D eigenvalue weighted by atomic mass is 16.7. The van der Waals surface area contributed by atoms with Gasteiger partial charge in [-0.15, -0.1) is 6.58 Å². The van der Waals surface area contributed by atoms with Gasteiger partial charge in [-0.25, -0.2) is 0 Å². The molecule has 68 heavy (non-hydrogen) atoms. The normalized spacial score (nSPS) is 22.2. The van der Waals surface area contributed by atoms with Crippen molar-refractivity contribution in [3.8, 4) is 11.5 Å². The molecule has 1 fully saturated rings. The van der Waals surface area contributed by atoms with Crippen molar-refractivity contribution < 1.29 is 34.1 Å². The number of fused-ring (bicyclic) bond motifs is 3. The first-order valence-corrected chi connectivity index (χ1v) is 25.8. The Balaban J connectivity index is 1.36. The molecule has 0 bridgehead atoms. The number of ether oxygens (including phenoxy) is 3. The number of carbonyl (C=O) groups excluding carboxylic acids is 1. The number of oxime groups is 1. The van der Waals surface area contributed by atoms with Crippen LogP contribution in [0.1, 0.15) is 145 Å². The lowest BCUT2D eigenvalue weighted by Crippen LogP contribution is -2.70. The number of nitrogens with zero attached hydrogens (tertiary/aromatic N) is 3. The standard InChI is InChI=1S/C58H77N3O7/c1-5-7-8-9-10-11-12-13-14-31-55(64)61(40-45-27-22-26-43-24-15-16-29-48(43)45)54-39-52(60-65-4)50-37-44(25-17-19-34-62)49(30-18-20-35-63)56-51-38-47(66-41-46-28-21-23-42(3)59-46)32-33-53(51)68-58(54,57(50)56)67-36-6-2/h6,15-16,21-24,26-29,32-33,37-38,44,49,54,56-57,62-63H,2,5,7-14,17-20,25,30-31,34-36,39-41H2,1,3-4H3/t44-,49+,54-,56+,57+,58+/m0/s1. The second-order valence-electron chi connectivity index (χ2n) is 19.3. The molecule has 1 saturated carbocycles. The van der Waals surface area contributed by atoms with Crippen molar-refractivity contribution in [3.63, 3.8) is 0 Å². The predicted molar refractivity (Wildman–Crippen MR) is 272 cm³/mol. The summed E-state index contributed by atoms with van der Waals surface area (Å²) in [6.07, 6.45) is 20.2. The highest BCUT2D eigenvalue weighted by Crippen LogP contribution is 2.62.